The van der Waals surface area contributed by atoms with Crippen LogP contribution in [0.4, 0.5) is 0 Å². The number of rotatable bonds is 8. The van der Waals surface area contributed by atoms with E-state index in [0.29, 0.717) is 30.0 Å². The molecular formula is C29H37N5O6. The molecule has 11 heteroatoms. The number of aromatic nitrogens is 1. The van der Waals surface area contributed by atoms with Crippen molar-refractivity contribution in [1.29, 1.82) is 0 Å². The van der Waals surface area contributed by atoms with Crippen LogP contribution in [0.3, 0.4) is 0 Å². The summed E-state index contributed by atoms with van der Waals surface area (Å²) in [6.45, 7) is 5.65. The van der Waals surface area contributed by atoms with E-state index < -0.39 is 46.8 Å². The Morgan fingerprint density at radius 2 is 1.93 bits per heavy atom. The van der Waals surface area contributed by atoms with Gasteiger partial charge in [0.15, 0.2) is 0 Å². The number of phenolic OH excluding ortho intramolecular Hbond substituents is 1. The minimum Gasteiger partial charge on any atom is -0.508 e. The molecule has 2 heterocycles. The van der Waals surface area contributed by atoms with Crippen molar-refractivity contribution in [3.05, 3.63) is 62.6 Å². The smallest absolute Gasteiger partial charge is 0.261 e. The molecular weight excluding hydrogens is 514 g/mol. The summed E-state index contributed by atoms with van der Waals surface area (Å²) in [5.74, 6) is -1.91. The summed E-state index contributed by atoms with van der Waals surface area (Å²) in [6.07, 6.45) is 2.97. The first-order valence-corrected chi connectivity index (χ1v) is 13.7. The first-order valence-electron chi connectivity index (χ1n) is 13.7. The number of phenols is 1. The summed E-state index contributed by atoms with van der Waals surface area (Å²) in [5.41, 5.74) is 10.5. The summed E-state index contributed by atoms with van der Waals surface area (Å²) in [7, 11) is 0. The number of nitrogens with one attached hydrogen (secondary N) is 2. The number of pyridine rings is 1. The van der Waals surface area contributed by atoms with Crippen molar-refractivity contribution in [3.8, 4) is 5.75 Å². The van der Waals surface area contributed by atoms with E-state index in [-0.39, 0.29) is 23.8 Å². The number of primary amides is 2. The number of aryl methyl sites for hydroxylation is 1. The maximum Gasteiger partial charge on any atom is 0.261 e. The highest BCUT2D eigenvalue weighted by atomic mass is 16.3. The third-order valence-corrected chi connectivity index (χ3v) is 9.27. The highest BCUT2D eigenvalue weighted by Gasteiger charge is 2.61. The van der Waals surface area contributed by atoms with Crippen LogP contribution in [0, 0.1) is 12.8 Å². The van der Waals surface area contributed by atoms with Crippen molar-refractivity contribution in [3.63, 3.8) is 0 Å². The molecule has 1 saturated carbocycles. The van der Waals surface area contributed by atoms with Gasteiger partial charge in [0.2, 0.25) is 11.8 Å². The number of hydrogen-bond acceptors (Lipinski definition) is 7. The zero-order valence-electron chi connectivity index (χ0n) is 22.8. The van der Waals surface area contributed by atoms with Gasteiger partial charge >= 0.3 is 0 Å². The van der Waals surface area contributed by atoms with Crippen LogP contribution in [0.1, 0.15) is 65.3 Å². The Morgan fingerprint density at radius 3 is 2.58 bits per heavy atom. The van der Waals surface area contributed by atoms with Crippen LogP contribution in [-0.4, -0.2) is 68.6 Å². The lowest BCUT2D eigenvalue weighted by atomic mass is 9.53. The molecule has 4 atom stereocenters. The molecule has 2 aliphatic carbocycles. The van der Waals surface area contributed by atoms with Gasteiger partial charge in [-0.1, -0.05) is 6.07 Å². The molecule has 5 rings (SSSR count). The van der Waals surface area contributed by atoms with Crippen LogP contribution < -0.4 is 22.3 Å². The quantitative estimate of drug-likeness (QED) is 0.268. The fourth-order valence-electron chi connectivity index (χ4n) is 6.82. The van der Waals surface area contributed by atoms with Gasteiger partial charge in [-0.3, -0.25) is 24.1 Å². The summed E-state index contributed by atoms with van der Waals surface area (Å²) in [5, 5.41) is 25.5. The SMILES string of the molecule is Cc1ccc(O)cc1C12CCN(CC3CC3)C(C)C1(O)Cc1cc(C(=O)NC(CC(N)=O)C(N)=O)c(=O)[nH]c1C2. The highest BCUT2D eigenvalue weighted by molar-refractivity contribution is 5.98. The van der Waals surface area contributed by atoms with E-state index >= 15 is 0 Å². The molecule has 8 N–H and O–H groups in total. The Balaban J connectivity index is 1.57. The van der Waals surface area contributed by atoms with Gasteiger partial charge in [-0.15, -0.1) is 0 Å². The van der Waals surface area contributed by atoms with Crippen molar-refractivity contribution >= 4 is 17.7 Å². The van der Waals surface area contributed by atoms with Crippen LogP contribution in [-0.2, 0) is 27.8 Å². The molecule has 11 nitrogen and oxygen atoms in total. The molecule has 1 aromatic heterocycles. The summed E-state index contributed by atoms with van der Waals surface area (Å²) in [4.78, 5) is 54.4. The van der Waals surface area contributed by atoms with E-state index in [9.17, 15) is 29.4 Å². The average Bonchev–Trinajstić information content (AvgIpc) is 3.70. The first kappa shape index (κ1) is 27.9. The Morgan fingerprint density at radius 1 is 1.20 bits per heavy atom. The van der Waals surface area contributed by atoms with Crippen molar-refractivity contribution in [1.82, 2.24) is 15.2 Å². The lowest BCUT2D eigenvalue weighted by Crippen LogP contribution is -2.71. The Bertz CT molecular complexity index is 1430. The molecule has 4 unspecified atom stereocenters. The van der Waals surface area contributed by atoms with Gasteiger partial charge in [-0.2, -0.15) is 0 Å². The van der Waals surface area contributed by atoms with Crippen LogP contribution in [0.15, 0.2) is 29.1 Å². The maximum absolute atomic E-state index is 13.1. The van der Waals surface area contributed by atoms with Crippen molar-refractivity contribution in [2.24, 2.45) is 17.4 Å². The minimum atomic E-state index is -1.36. The lowest BCUT2D eigenvalue weighted by Gasteiger charge is -2.60. The standard InChI is InChI=1S/C29H37N5O6/c1-15-3-6-19(35)10-21(15)28-7-8-34(14-17-4-5-17)16(2)29(28,40)12-18-9-20(27(39)33-23(18)13-28)26(38)32-22(25(31)37)11-24(30)36/h3,6,9-10,16-17,22,35,40H,4-5,7-8,11-14H2,1-2H3,(H2,30,36)(H2,31,37)(H,32,38)(H,33,39). The molecule has 2 fully saturated rings. The Hall–Kier alpha value is -3.70. The zero-order valence-corrected chi connectivity index (χ0v) is 22.8. The second-order valence-electron chi connectivity index (χ2n) is 11.8. The third kappa shape index (κ3) is 4.77. The number of carbonyl (C=O) groups is 3. The molecule has 0 radical (unpaired) electrons. The second kappa shape index (κ2) is 10.0. The minimum absolute atomic E-state index is 0.108. The monoisotopic (exact) mass is 551 g/mol. The number of benzene rings is 1. The Kier molecular flexibility index (Phi) is 6.99. The summed E-state index contributed by atoms with van der Waals surface area (Å²) < 4.78 is 0. The van der Waals surface area contributed by atoms with Crippen molar-refractivity contribution in [2.45, 2.75) is 75.5 Å². The Labute approximate surface area is 231 Å². The number of aliphatic hydroxyl groups is 1. The summed E-state index contributed by atoms with van der Waals surface area (Å²) >= 11 is 0. The van der Waals surface area contributed by atoms with E-state index in [2.05, 4.69) is 15.2 Å². The predicted octanol–water partition coefficient (Wildman–Crippen LogP) is 0.120. The number of fused-ring (bicyclic) bond motifs is 2. The third-order valence-electron chi connectivity index (χ3n) is 9.27. The van der Waals surface area contributed by atoms with Gasteiger partial charge < -0.3 is 32.0 Å². The van der Waals surface area contributed by atoms with Crippen molar-refractivity contribution in [2.75, 3.05) is 13.1 Å². The predicted molar refractivity (Wildman–Crippen MR) is 147 cm³/mol. The van der Waals surface area contributed by atoms with Gasteiger partial charge in [0.05, 0.1) is 12.0 Å². The molecule has 3 aliphatic rings. The number of nitrogens with two attached hydrogens (primary N) is 2. The van der Waals surface area contributed by atoms with E-state index in [1.807, 2.05) is 19.9 Å². The normalized spacial score (nSPS) is 26.8. The lowest BCUT2D eigenvalue weighted by molar-refractivity contribution is -0.139. The number of carbonyl (C=O) groups excluding carboxylic acids is 3. The summed E-state index contributed by atoms with van der Waals surface area (Å²) in [6, 6.07) is 5.04. The molecule has 0 bridgehead atoms. The van der Waals surface area contributed by atoms with E-state index in [4.69, 9.17) is 11.5 Å². The molecule has 1 aromatic carbocycles. The van der Waals surface area contributed by atoms with Gasteiger partial charge in [0.1, 0.15) is 17.4 Å². The van der Waals surface area contributed by atoms with Crippen LogP contribution in [0.5, 0.6) is 5.75 Å². The number of piperidine rings is 1. The van der Waals surface area contributed by atoms with Gasteiger partial charge in [-0.05, 0) is 80.5 Å². The van der Waals surface area contributed by atoms with Crippen molar-refractivity contribution < 1.29 is 24.6 Å². The molecule has 2 aromatic rings. The van der Waals surface area contributed by atoms with Gasteiger partial charge in [-0.25, -0.2) is 0 Å². The molecule has 1 saturated heterocycles. The van der Waals surface area contributed by atoms with Gasteiger partial charge in [0, 0.05) is 36.5 Å². The van der Waals surface area contributed by atoms with Crippen LogP contribution >= 0.6 is 0 Å². The van der Waals surface area contributed by atoms with Crippen LogP contribution in [0.2, 0.25) is 0 Å². The molecule has 3 amide bonds. The molecule has 40 heavy (non-hydrogen) atoms. The average molecular weight is 552 g/mol. The number of nitrogens with zero attached hydrogens (tertiary/aromatic N) is 1. The molecule has 0 spiro atoms. The van der Waals surface area contributed by atoms with E-state index in [0.717, 1.165) is 24.2 Å². The molecule has 214 valence electrons. The van der Waals surface area contributed by atoms with Gasteiger partial charge in [0.25, 0.3) is 11.5 Å². The number of aromatic hydroxyl groups is 1. The fourth-order valence-corrected chi connectivity index (χ4v) is 6.82. The number of aromatic amines is 1. The fraction of sp³-hybridized carbons (Fsp3) is 0.517. The zero-order chi connectivity index (χ0) is 29.0. The number of hydrogen-bond donors (Lipinski definition) is 6. The molecule has 1 aliphatic heterocycles. The topological polar surface area (TPSA) is 192 Å². The number of amides is 3. The van der Waals surface area contributed by atoms with Crippen LogP contribution in [0.25, 0.3) is 0 Å². The van der Waals surface area contributed by atoms with E-state index in [1.165, 1.54) is 18.9 Å². The maximum atomic E-state index is 13.1. The largest absolute Gasteiger partial charge is 0.508 e. The number of likely N-dealkylation sites (tertiary alicyclic amines) is 1. The second-order valence-corrected chi connectivity index (χ2v) is 11.8. The number of H-pyrrole nitrogens is 1. The van der Waals surface area contributed by atoms with E-state index in [1.54, 1.807) is 12.1 Å². The first-order chi connectivity index (χ1) is 18.8. The highest BCUT2D eigenvalue weighted by Crippen LogP contribution is 2.54.